The first-order valence-electron chi connectivity index (χ1n) is 5.05. The Morgan fingerprint density at radius 1 is 1.33 bits per heavy atom. The molecular weight excluding hydrogens is 246 g/mol. The van der Waals surface area contributed by atoms with Gasteiger partial charge in [-0.1, -0.05) is 6.07 Å². The molecule has 0 saturated heterocycles. The van der Waals surface area contributed by atoms with Gasteiger partial charge in [-0.25, -0.2) is 8.78 Å². The summed E-state index contributed by atoms with van der Waals surface area (Å²) in [5.41, 5.74) is -0.331. The van der Waals surface area contributed by atoms with Gasteiger partial charge in [-0.3, -0.25) is 9.59 Å². The lowest BCUT2D eigenvalue weighted by atomic mass is 10.2. The summed E-state index contributed by atoms with van der Waals surface area (Å²) in [6.45, 7) is -0.877. The molecule has 1 amide bonds. The average Bonchev–Trinajstić information content (AvgIpc) is 2.26. The zero-order valence-corrected chi connectivity index (χ0v) is 9.61. The van der Waals surface area contributed by atoms with E-state index in [0.717, 1.165) is 17.0 Å². The highest BCUT2D eigenvalue weighted by atomic mass is 19.1. The summed E-state index contributed by atoms with van der Waals surface area (Å²) in [4.78, 5) is 22.6. The normalized spacial score (nSPS) is 9.94. The second-order valence-corrected chi connectivity index (χ2v) is 3.60. The van der Waals surface area contributed by atoms with Crippen LogP contribution in [-0.2, 0) is 9.59 Å². The fourth-order valence-corrected chi connectivity index (χ4v) is 1.38. The minimum atomic E-state index is -1.19. The summed E-state index contributed by atoms with van der Waals surface area (Å²) >= 11 is 0. The van der Waals surface area contributed by atoms with Crippen molar-refractivity contribution in [2.75, 3.05) is 25.0 Å². The summed E-state index contributed by atoms with van der Waals surface area (Å²) in [5.74, 6) is -3.40. The number of nitrogens with zero attached hydrogens (tertiary/aromatic N) is 1. The number of rotatable bonds is 5. The highest BCUT2D eigenvalue weighted by Crippen LogP contribution is 2.21. The van der Waals surface area contributed by atoms with Gasteiger partial charge in [0.05, 0.1) is 6.54 Å². The third kappa shape index (κ3) is 3.69. The Hall–Kier alpha value is -2.18. The molecule has 0 bridgehead atoms. The number of amides is 1. The van der Waals surface area contributed by atoms with Crippen LogP contribution in [0.3, 0.4) is 0 Å². The van der Waals surface area contributed by atoms with Gasteiger partial charge in [-0.05, 0) is 12.1 Å². The smallest absolute Gasteiger partial charge is 0.322 e. The lowest BCUT2D eigenvalue weighted by Crippen LogP contribution is -2.38. The summed E-state index contributed by atoms with van der Waals surface area (Å²) in [6, 6.07) is 3.36. The van der Waals surface area contributed by atoms with Gasteiger partial charge in [-0.2, -0.15) is 0 Å². The van der Waals surface area contributed by atoms with Crippen LogP contribution in [0.15, 0.2) is 18.2 Å². The predicted molar refractivity (Wildman–Crippen MR) is 60.3 cm³/mol. The Labute approximate surface area is 102 Å². The number of aliphatic carboxylic acids is 1. The average molecular weight is 258 g/mol. The first kappa shape index (κ1) is 13.9. The molecule has 0 unspecified atom stereocenters. The third-order valence-corrected chi connectivity index (χ3v) is 2.14. The highest BCUT2D eigenvalue weighted by Gasteiger charge is 2.15. The number of carboxylic acids is 1. The predicted octanol–water partition coefficient (Wildman–Crippen LogP) is 0.602. The fraction of sp³-hybridized carbons (Fsp3) is 0.273. The number of anilines is 1. The van der Waals surface area contributed by atoms with Crippen LogP contribution in [0.1, 0.15) is 0 Å². The first-order chi connectivity index (χ1) is 8.41. The number of likely N-dealkylation sites (N-methyl/N-ethyl adjacent to an activating group) is 1. The Bertz CT molecular complexity index is 445. The molecule has 0 spiro atoms. The summed E-state index contributed by atoms with van der Waals surface area (Å²) in [7, 11) is 1.34. The van der Waals surface area contributed by atoms with E-state index in [1.165, 1.54) is 13.1 Å². The monoisotopic (exact) mass is 258 g/mol. The van der Waals surface area contributed by atoms with Crippen LogP contribution >= 0.6 is 0 Å². The number of benzene rings is 1. The fourth-order valence-electron chi connectivity index (χ4n) is 1.38. The van der Waals surface area contributed by atoms with E-state index in [2.05, 4.69) is 5.32 Å². The van der Waals surface area contributed by atoms with E-state index in [-0.39, 0.29) is 12.2 Å². The van der Waals surface area contributed by atoms with Crippen molar-refractivity contribution in [2.24, 2.45) is 0 Å². The first-order valence-corrected chi connectivity index (χ1v) is 5.05. The maximum atomic E-state index is 13.4. The largest absolute Gasteiger partial charge is 0.480 e. The van der Waals surface area contributed by atoms with E-state index in [1.54, 1.807) is 0 Å². The molecule has 1 rings (SSSR count). The van der Waals surface area contributed by atoms with Gasteiger partial charge in [0.15, 0.2) is 0 Å². The second kappa shape index (κ2) is 5.95. The molecule has 2 N–H and O–H groups in total. The highest BCUT2D eigenvalue weighted by molar-refractivity contribution is 5.84. The van der Waals surface area contributed by atoms with Crippen molar-refractivity contribution in [2.45, 2.75) is 0 Å². The summed E-state index contributed by atoms with van der Waals surface area (Å²) in [5, 5.41) is 10.5. The van der Waals surface area contributed by atoms with Gasteiger partial charge >= 0.3 is 5.97 Å². The maximum absolute atomic E-state index is 13.4. The van der Waals surface area contributed by atoms with E-state index in [0.29, 0.717) is 0 Å². The molecule has 5 nitrogen and oxygen atoms in total. The van der Waals surface area contributed by atoms with Gasteiger partial charge in [0.2, 0.25) is 5.91 Å². The van der Waals surface area contributed by atoms with E-state index >= 15 is 0 Å². The van der Waals surface area contributed by atoms with Crippen molar-refractivity contribution in [1.29, 1.82) is 0 Å². The molecule has 1 aromatic carbocycles. The van der Waals surface area contributed by atoms with Gasteiger partial charge in [0, 0.05) is 7.05 Å². The lowest BCUT2D eigenvalue weighted by Gasteiger charge is -2.19. The number of carbonyl (C=O) groups is 2. The number of hydrogen-bond donors (Lipinski definition) is 2. The SMILES string of the molecule is CN(CC(=O)NCC(=O)O)c1c(F)cccc1F. The van der Waals surface area contributed by atoms with Crippen LogP contribution in [0.25, 0.3) is 0 Å². The molecule has 0 aliphatic heterocycles. The van der Waals surface area contributed by atoms with E-state index in [4.69, 9.17) is 5.11 Å². The second-order valence-electron chi connectivity index (χ2n) is 3.60. The quantitative estimate of drug-likeness (QED) is 0.811. The van der Waals surface area contributed by atoms with Crippen LogP contribution in [-0.4, -0.2) is 37.1 Å². The van der Waals surface area contributed by atoms with Crippen molar-refractivity contribution in [3.63, 3.8) is 0 Å². The molecule has 18 heavy (non-hydrogen) atoms. The van der Waals surface area contributed by atoms with Crippen molar-refractivity contribution in [3.05, 3.63) is 29.8 Å². The Balaban J connectivity index is 2.68. The molecule has 98 valence electrons. The molecular formula is C11H12F2N2O3. The number of hydrogen-bond acceptors (Lipinski definition) is 3. The van der Waals surface area contributed by atoms with Crippen LogP contribution in [0.4, 0.5) is 14.5 Å². The standard InChI is InChI=1S/C11H12F2N2O3/c1-15(6-9(16)14-5-10(17)18)11-7(12)3-2-4-8(11)13/h2-4H,5-6H2,1H3,(H,14,16)(H,17,18). The van der Waals surface area contributed by atoms with E-state index in [1.807, 2.05) is 0 Å². The van der Waals surface area contributed by atoms with Gasteiger partial charge in [0.1, 0.15) is 23.9 Å². The van der Waals surface area contributed by atoms with E-state index < -0.39 is 30.1 Å². The zero-order valence-electron chi connectivity index (χ0n) is 9.61. The summed E-state index contributed by atoms with van der Waals surface area (Å²) in [6.07, 6.45) is 0. The minimum Gasteiger partial charge on any atom is -0.480 e. The minimum absolute atomic E-state index is 0.331. The molecule has 0 aliphatic rings. The Kier molecular flexibility index (Phi) is 4.59. The topological polar surface area (TPSA) is 69.6 Å². The molecule has 0 radical (unpaired) electrons. The van der Waals surface area contributed by atoms with Crippen molar-refractivity contribution in [3.8, 4) is 0 Å². The van der Waals surface area contributed by atoms with Crippen molar-refractivity contribution in [1.82, 2.24) is 5.32 Å². The van der Waals surface area contributed by atoms with Crippen LogP contribution in [0, 0.1) is 11.6 Å². The van der Waals surface area contributed by atoms with Crippen LogP contribution in [0.2, 0.25) is 0 Å². The number of para-hydroxylation sites is 1. The number of carbonyl (C=O) groups excluding carboxylic acids is 1. The van der Waals surface area contributed by atoms with Crippen LogP contribution in [0.5, 0.6) is 0 Å². The number of halogens is 2. The third-order valence-electron chi connectivity index (χ3n) is 2.14. The number of nitrogens with one attached hydrogen (secondary N) is 1. The van der Waals surface area contributed by atoms with Gasteiger partial charge in [-0.15, -0.1) is 0 Å². The zero-order chi connectivity index (χ0) is 13.7. The summed E-state index contributed by atoms with van der Waals surface area (Å²) < 4.78 is 26.7. The molecule has 0 aromatic heterocycles. The molecule has 0 aliphatic carbocycles. The molecule has 0 heterocycles. The Morgan fingerprint density at radius 3 is 2.39 bits per heavy atom. The lowest BCUT2D eigenvalue weighted by molar-refractivity contribution is -0.137. The Morgan fingerprint density at radius 2 is 1.89 bits per heavy atom. The van der Waals surface area contributed by atoms with Crippen molar-refractivity contribution < 1.29 is 23.5 Å². The molecule has 0 fully saturated rings. The van der Waals surface area contributed by atoms with E-state index in [9.17, 15) is 18.4 Å². The molecule has 0 atom stereocenters. The van der Waals surface area contributed by atoms with Crippen molar-refractivity contribution >= 4 is 17.6 Å². The van der Waals surface area contributed by atoms with Crippen LogP contribution < -0.4 is 10.2 Å². The molecule has 1 aromatic rings. The number of carboxylic acid groups (broad SMARTS) is 1. The molecule has 7 heteroatoms. The van der Waals surface area contributed by atoms with Gasteiger partial charge in [0.25, 0.3) is 0 Å². The van der Waals surface area contributed by atoms with Gasteiger partial charge < -0.3 is 15.3 Å². The molecule has 0 saturated carbocycles. The maximum Gasteiger partial charge on any atom is 0.322 e.